The molecule has 1 aliphatic heterocycles. The second kappa shape index (κ2) is 18.2. The standard InChI is InChI=1S/C25H45N7O10/c1-12(2)20(25(41)30-13(3)23(39)29-11-33)32-24(40)14(31-19(36)7-8-27-4)5-6-18(35)28-10-16-22(38)21(37)15(42-16)9-17(26)34/h12-16,20-22,27,33,37-38H,5-11H2,1-4H3,(H2,26,34)(H,28,35)(H,29,39)(H,30,41)(H,31,36)(H,32,40)/t13-,14-,15-,16+,20-,21-,22+/m0/s1. The molecule has 1 fully saturated rings. The third-order valence-corrected chi connectivity index (χ3v) is 6.53. The average Bonchev–Trinajstić information content (AvgIpc) is 3.18. The van der Waals surface area contributed by atoms with E-state index in [4.69, 9.17) is 15.6 Å². The molecule has 0 saturated carbocycles. The fourth-order valence-electron chi connectivity index (χ4n) is 4.10. The van der Waals surface area contributed by atoms with Crippen molar-refractivity contribution in [2.75, 3.05) is 26.9 Å². The monoisotopic (exact) mass is 603 g/mol. The molecule has 0 aromatic rings. The van der Waals surface area contributed by atoms with Gasteiger partial charge in [0.15, 0.2) is 0 Å². The minimum atomic E-state index is -1.36. The zero-order valence-electron chi connectivity index (χ0n) is 24.3. The molecule has 17 heteroatoms. The molecule has 0 unspecified atom stereocenters. The quantitative estimate of drug-likeness (QED) is 0.0663. The van der Waals surface area contributed by atoms with E-state index < -0.39 is 90.6 Å². The van der Waals surface area contributed by atoms with Gasteiger partial charge in [0.25, 0.3) is 0 Å². The van der Waals surface area contributed by atoms with E-state index in [0.717, 1.165) is 0 Å². The molecule has 0 aromatic heterocycles. The molecule has 0 radical (unpaired) electrons. The molecule has 1 heterocycles. The van der Waals surface area contributed by atoms with Gasteiger partial charge in [-0.3, -0.25) is 28.8 Å². The Hall–Kier alpha value is -3.38. The van der Waals surface area contributed by atoms with E-state index in [1.165, 1.54) is 6.92 Å². The van der Waals surface area contributed by atoms with Gasteiger partial charge in [-0.1, -0.05) is 13.8 Å². The molecule has 0 aliphatic carbocycles. The van der Waals surface area contributed by atoms with Gasteiger partial charge >= 0.3 is 0 Å². The molecule has 0 spiro atoms. The van der Waals surface area contributed by atoms with Crippen LogP contribution < -0.4 is 37.6 Å². The first kappa shape index (κ1) is 36.6. The van der Waals surface area contributed by atoms with Crippen molar-refractivity contribution in [2.24, 2.45) is 11.7 Å². The van der Waals surface area contributed by atoms with Gasteiger partial charge in [0, 0.05) is 25.9 Å². The number of carbonyl (C=O) groups excluding carboxylic acids is 6. The van der Waals surface area contributed by atoms with Gasteiger partial charge in [0.2, 0.25) is 35.4 Å². The van der Waals surface area contributed by atoms with Gasteiger partial charge in [-0.05, 0) is 26.3 Å². The van der Waals surface area contributed by atoms with Crippen LogP contribution in [0, 0.1) is 5.92 Å². The van der Waals surface area contributed by atoms with Crippen LogP contribution in [0.15, 0.2) is 0 Å². The third kappa shape index (κ3) is 12.2. The highest BCUT2D eigenvalue weighted by Gasteiger charge is 2.43. The maximum Gasteiger partial charge on any atom is 0.244 e. The normalized spacial score (nSPS) is 22.0. The molecule has 11 N–H and O–H groups in total. The van der Waals surface area contributed by atoms with Crippen molar-refractivity contribution in [1.29, 1.82) is 0 Å². The summed E-state index contributed by atoms with van der Waals surface area (Å²) in [6, 6.07) is -3.29. The highest BCUT2D eigenvalue weighted by Crippen LogP contribution is 2.23. The molecule has 42 heavy (non-hydrogen) atoms. The Balaban J connectivity index is 2.84. The van der Waals surface area contributed by atoms with Gasteiger partial charge in [-0.15, -0.1) is 0 Å². The van der Waals surface area contributed by atoms with Crippen molar-refractivity contribution in [3.63, 3.8) is 0 Å². The molecule has 1 aliphatic rings. The van der Waals surface area contributed by atoms with E-state index in [-0.39, 0.29) is 32.2 Å². The molecule has 1 saturated heterocycles. The number of rotatable bonds is 18. The Morgan fingerprint density at radius 1 is 0.833 bits per heavy atom. The molecule has 1 rings (SSSR count). The number of nitrogens with two attached hydrogens (primary N) is 1. The lowest BCUT2D eigenvalue weighted by Gasteiger charge is -2.26. The molecular formula is C25H45N7O10. The Kier molecular flexibility index (Phi) is 15.9. The summed E-state index contributed by atoms with van der Waals surface area (Å²) >= 11 is 0. The highest BCUT2D eigenvalue weighted by molar-refractivity contribution is 5.94. The van der Waals surface area contributed by atoms with Crippen LogP contribution in [0.1, 0.15) is 46.5 Å². The second-order valence-corrected chi connectivity index (χ2v) is 10.3. The SMILES string of the molecule is CNCCC(=O)N[C@@H](CCC(=O)NC[C@H]1O[C@@H](CC(N)=O)[C@H](O)[C@@H]1O)C(=O)N[C@H](C(=O)N[C@@H](C)C(=O)NCO)C(C)C. The Morgan fingerprint density at radius 2 is 1.48 bits per heavy atom. The molecule has 0 aromatic carbocycles. The lowest BCUT2D eigenvalue weighted by molar-refractivity contribution is -0.134. The fourth-order valence-corrected chi connectivity index (χ4v) is 4.10. The molecule has 7 atom stereocenters. The van der Waals surface area contributed by atoms with Gasteiger partial charge < -0.3 is 57.7 Å². The topological polar surface area (TPSA) is 271 Å². The maximum atomic E-state index is 13.2. The lowest BCUT2D eigenvalue weighted by Crippen LogP contribution is -2.58. The van der Waals surface area contributed by atoms with Gasteiger partial charge in [-0.2, -0.15) is 0 Å². The van der Waals surface area contributed by atoms with Crippen molar-refractivity contribution in [3.8, 4) is 0 Å². The van der Waals surface area contributed by atoms with Gasteiger partial charge in [-0.25, -0.2) is 0 Å². The summed E-state index contributed by atoms with van der Waals surface area (Å²) in [4.78, 5) is 74.0. The number of aliphatic hydroxyl groups is 3. The molecule has 0 bridgehead atoms. The second-order valence-electron chi connectivity index (χ2n) is 10.3. The molecular weight excluding hydrogens is 558 g/mol. The van der Waals surface area contributed by atoms with Crippen LogP contribution in [0.5, 0.6) is 0 Å². The first-order valence-electron chi connectivity index (χ1n) is 13.7. The minimum absolute atomic E-state index is 0.0454. The van der Waals surface area contributed by atoms with Crippen molar-refractivity contribution in [2.45, 2.75) is 89.0 Å². The van der Waals surface area contributed by atoms with Crippen LogP contribution in [0.25, 0.3) is 0 Å². The average molecular weight is 604 g/mol. The van der Waals surface area contributed by atoms with Crippen LogP contribution in [-0.4, -0.2) is 120 Å². The number of amides is 6. The zero-order chi connectivity index (χ0) is 32.0. The minimum Gasteiger partial charge on any atom is -0.388 e. The van der Waals surface area contributed by atoms with Gasteiger partial charge in [0.1, 0.15) is 43.2 Å². The first-order valence-corrected chi connectivity index (χ1v) is 13.7. The number of ether oxygens (including phenoxy) is 1. The first-order chi connectivity index (χ1) is 19.7. The van der Waals surface area contributed by atoms with E-state index in [1.54, 1.807) is 20.9 Å². The maximum absolute atomic E-state index is 13.2. The van der Waals surface area contributed by atoms with Crippen molar-refractivity contribution in [1.82, 2.24) is 31.9 Å². The summed E-state index contributed by atoms with van der Waals surface area (Å²) < 4.78 is 5.43. The molecule has 240 valence electrons. The number of aliphatic hydroxyl groups excluding tert-OH is 3. The van der Waals surface area contributed by atoms with E-state index in [9.17, 15) is 39.0 Å². The van der Waals surface area contributed by atoms with E-state index in [1.807, 2.05) is 0 Å². The van der Waals surface area contributed by atoms with Crippen LogP contribution in [-0.2, 0) is 33.5 Å². The fraction of sp³-hybridized carbons (Fsp3) is 0.760. The summed E-state index contributed by atoms with van der Waals surface area (Å²) in [6.45, 7) is 4.26. The predicted octanol–water partition coefficient (Wildman–Crippen LogP) is -4.95. The van der Waals surface area contributed by atoms with Crippen LogP contribution >= 0.6 is 0 Å². The molecule has 6 amide bonds. The lowest BCUT2D eigenvalue weighted by atomic mass is 10.0. The van der Waals surface area contributed by atoms with Crippen molar-refractivity contribution >= 4 is 35.4 Å². The summed E-state index contributed by atoms with van der Waals surface area (Å²) in [5.41, 5.74) is 5.11. The van der Waals surface area contributed by atoms with E-state index in [2.05, 4.69) is 31.9 Å². The van der Waals surface area contributed by atoms with Crippen molar-refractivity contribution in [3.05, 3.63) is 0 Å². The highest BCUT2D eigenvalue weighted by atomic mass is 16.5. The number of nitrogens with one attached hydrogen (secondary N) is 6. The predicted molar refractivity (Wildman–Crippen MR) is 147 cm³/mol. The zero-order valence-corrected chi connectivity index (χ0v) is 24.3. The largest absolute Gasteiger partial charge is 0.388 e. The van der Waals surface area contributed by atoms with E-state index >= 15 is 0 Å². The Bertz CT molecular complexity index is 951. The number of primary amides is 1. The van der Waals surface area contributed by atoms with Crippen molar-refractivity contribution < 1.29 is 48.8 Å². The van der Waals surface area contributed by atoms with Crippen LogP contribution in [0.3, 0.4) is 0 Å². The number of hydrogen-bond donors (Lipinski definition) is 10. The van der Waals surface area contributed by atoms with Gasteiger partial charge in [0.05, 0.1) is 12.5 Å². The number of hydrogen-bond acceptors (Lipinski definition) is 11. The molecule has 17 nitrogen and oxygen atoms in total. The Morgan fingerprint density at radius 3 is 2.05 bits per heavy atom. The van der Waals surface area contributed by atoms with Crippen LogP contribution in [0.2, 0.25) is 0 Å². The van der Waals surface area contributed by atoms with Crippen LogP contribution in [0.4, 0.5) is 0 Å². The third-order valence-electron chi connectivity index (χ3n) is 6.53. The summed E-state index contributed by atoms with van der Waals surface area (Å²) in [5, 5.41) is 44.1. The Labute approximate surface area is 244 Å². The van der Waals surface area contributed by atoms with E-state index in [0.29, 0.717) is 6.54 Å². The summed E-state index contributed by atoms with van der Waals surface area (Å²) in [5.74, 6) is -4.19. The smallest absolute Gasteiger partial charge is 0.244 e. The summed E-state index contributed by atoms with van der Waals surface area (Å²) in [7, 11) is 1.65. The number of carbonyl (C=O) groups is 6. The summed E-state index contributed by atoms with van der Waals surface area (Å²) in [6.07, 6.45) is -5.39.